The molecule has 0 aromatic heterocycles. The van der Waals surface area contributed by atoms with Crippen molar-refractivity contribution in [3.63, 3.8) is 0 Å². The first-order valence-electron chi connectivity index (χ1n) is 10.2. The van der Waals surface area contributed by atoms with Gasteiger partial charge in [0.15, 0.2) is 15.8 Å². The molecule has 2 N–H and O–H groups in total. The first-order valence-corrected chi connectivity index (χ1v) is 12.1. The first-order chi connectivity index (χ1) is 12.9. The molecule has 2 unspecified atom stereocenters. The topological polar surface area (TPSA) is 70.6 Å². The van der Waals surface area contributed by atoms with Crippen LogP contribution in [0.3, 0.4) is 0 Å². The van der Waals surface area contributed by atoms with Crippen LogP contribution in [0.15, 0.2) is 28.1 Å². The normalized spacial score (nSPS) is 23.0. The molecule has 2 aliphatic carbocycles. The number of hydrogen-bond donors (Lipinski definition) is 2. The molecule has 0 aliphatic heterocycles. The van der Waals surface area contributed by atoms with Crippen molar-refractivity contribution >= 4 is 39.8 Å². The molecule has 0 bridgehead atoms. The fraction of sp³-hybridized carbons (Fsp3) is 0.667. The fourth-order valence-electron chi connectivity index (χ4n) is 4.36. The highest BCUT2D eigenvalue weighted by Gasteiger charge is 2.43. The fourth-order valence-corrected chi connectivity index (χ4v) is 5.31. The average Bonchev–Trinajstić information content (AvgIpc) is 3.39. The van der Waals surface area contributed by atoms with E-state index in [-0.39, 0.29) is 24.0 Å². The molecule has 0 heterocycles. The van der Waals surface area contributed by atoms with Gasteiger partial charge in [-0.05, 0) is 49.3 Å². The molecule has 0 saturated heterocycles. The van der Waals surface area contributed by atoms with E-state index in [4.69, 9.17) is 4.99 Å². The van der Waals surface area contributed by atoms with Crippen LogP contribution in [0.2, 0.25) is 0 Å². The molecule has 158 valence electrons. The average molecular weight is 519 g/mol. The van der Waals surface area contributed by atoms with Crippen LogP contribution in [0, 0.1) is 18.8 Å². The standard InChI is InChI=1S/C21H33N3O2S.HI/c1-4-22-21(24-19-13-18(19)17-8-6-5-7-9-17)23-14-16-10-11-20(15(2)12-16)27(3,25)26;/h10-12,17-19H,4-9,13-14H2,1-3H3,(H2,22,23,24);1H. The van der Waals surface area contributed by atoms with Gasteiger partial charge in [0.05, 0.1) is 11.4 Å². The lowest BCUT2D eigenvalue weighted by atomic mass is 9.85. The van der Waals surface area contributed by atoms with Crippen molar-refractivity contribution in [1.82, 2.24) is 10.6 Å². The van der Waals surface area contributed by atoms with Crippen molar-refractivity contribution in [2.24, 2.45) is 16.8 Å². The summed E-state index contributed by atoms with van der Waals surface area (Å²) >= 11 is 0. The summed E-state index contributed by atoms with van der Waals surface area (Å²) in [6, 6.07) is 6.03. The van der Waals surface area contributed by atoms with E-state index in [0.717, 1.165) is 35.5 Å². The molecule has 5 nitrogen and oxygen atoms in total. The largest absolute Gasteiger partial charge is 0.357 e. The van der Waals surface area contributed by atoms with Gasteiger partial charge in [-0.25, -0.2) is 13.4 Å². The maximum absolute atomic E-state index is 11.8. The minimum Gasteiger partial charge on any atom is -0.357 e. The van der Waals surface area contributed by atoms with Crippen molar-refractivity contribution in [3.8, 4) is 0 Å². The Kier molecular flexibility index (Phi) is 8.60. The van der Waals surface area contributed by atoms with Crippen molar-refractivity contribution < 1.29 is 8.42 Å². The third-order valence-electron chi connectivity index (χ3n) is 5.82. The number of guanidine groups is 1. The second kappa shape index (κ2) is 10.3. The van der Waals surface area contributed by atoms with Crippen LogP contribution >= 0.6 is 24.0 Å². The van der Waals surface area contributed by atoms with E-state index >= 15 is 0 Å². The van der Waals surface area contributed by atoms with Crippen LogP contribution in [0.25, 0.3) is 0 Å². The molecule has 0 radical (unpaired) electrons. The number of aryl methyl sites for hydroxylation is 1. The number of sulfone groups is 1. The highest BCUT2D eigenvalue weighted by Crippen LogP contribution is 2.44. The van der Waals surface area contributed by atoms with Gasteiger partial charge in [0, 0.05) is 18.8 Å². The zero-order chi connectivity index (χ0) is 19.4. The zero-order valence-electron chi connectivity index (χ0n) is 17.2. The smallest absolute Gasteiger partial charge is 0.191 e. The first kappa shape index (κ1) is 23.4. The maximum Gasteiger partial charge on any atom is 0.191 e. The molecular formula is C21H34IN3O2S. The summed E-state index contributed by atoms with van der Waals surface area (Å²) in [7, 11) is -3.18. The van der Waals surface area contributed by atoms with E-state index in [9.17, 15) is 8.42 Å². The van der Waals surface area contributed by atoms with Crippen molar-refractivity contribution in [1.29, 1.82) is 0 Å². The minimum atomic E-state index is -3.18. The van der Waals surface area contributed by atoms with Gasteiger partial charge in [0.1, 0.15) is 0 Å². The zero-order valence-corrected chi connectivity index (χ0v) is 20.3. The van der Waals surface area contributed by atoms with Crippen LogP contribution in [-0.4, -0.2) is 33.2 Å². The lowest BCUT2D eigenvalue weighted by Gasteiger charge is -2.22. The van der Waals surface area contributed by atoms with Gasteiger partial charge < -0.3 is 10.6 Å². The molecule has 2 fully saturated rings. The molecule has 0 spiro atoms. The predicted molar refractivity (Wildman–Crippen MR) is 126 cm³/mol. The van der Waals surface area contributed by atoms with Gasteiger partial charge in [0.25, 0.3) is 0 Å². The maximum atomic E-state index is 11.8. The Balaban J connectivity index is 0.00000280. The Labute approximate surface area is 187 Å². The Morgan fingerprint density at radius 3 is 2.54 bits per heavy atom. The molecule has 1 aromatic rings. The molecule has 3 rings (SSSR count). The van der Waals surface area contributed by atoms with E-state index < -0.39 is 9.84 Å². The van der Waals surface area contributed by atoms with Gasteiger partial charge in [-0.3, -0.25) is 0 Å². The molecule has 28 heavy (non-hydrogen) atoms. The SMILES string of the molecule is CCNC(=NCc1ccc(S(C)(=O)=O)c(C)c1)NC1CC1C1CCCCC1.I. The second-order valence-electron chi connectivity index (χ2n) is 8.12. The van der Waals surface area contributed by atoms with Crippen LogP contribution in [-0.2, 0) is 16.4 Å². The lowest BCUT2D eigenvalue weighted by molar-refractivity contribution is 0.315. The highest BCUT2D eigenvalue weighted by molar-refractivity contribution is 14.0. The molecule has 1 aromatic carbocycles. The number of halogens is 1. The van der Waals surface area contributed by atoms with Gasteiger partial charge >= 0.3 is 0 Å². The number of nitrogens with one attached hydrogen (secondary N) is 2. The van der Waals surface area contributed by atoms with Crippen LogP contribution in [0.5, 0.6) is 0 Å². The Morgan fingerprint density at radius 2 is 1.93 bits per heavy atom. The summed E-state index contributed by atoms with van der Waals surface area (Å²) in [5.41, 5.74) is 1.81. The summed E-state index contributed by atoms with van der Waals surface area (Å²) in [5, 5.41) is 6.94. The number of rotatable bonds is 6. The van der Waals surface area contributed by atoms with Crippen LogP contribution < -0.4 is 10.6 Å². The Hall–Kier alpha value is -0.830. The lowest BCUT2D eigenvalue weighted by Crippen LogP contribution is -2.39. The Bertz CT molecular complexity index is 789. The van der Waals surface area contributed by atoms with E-state index in [1.165, 1.54) is 44.8 Å². The summed E-state index contributed by atoms with van der Waals surface area (Å²) in [4.78, 5) is 5.12. The highest BCUT2D eigenvalue weighted by atomic mass is 127. The molecule has 2 aliphatic rings. The quantitative estimate of drug-likeness (QED) is 0.338. The second-order valence-corrected chi connectivity index (χ2v) is 10.1. The van der Waals surface area contributed by atoms with E-state index in [1.807, 2.05) is 19.1 Å². The summed E-state index contributed by atoms with van der Waals surface area (Å²) in [6.45, 7) is 5.29. The van der Waals surface area contributed by atoms with Gasteiger partial charge in [-0.2, -0.15) is 0 Å². The van der Waals surface area contributed by atoms with Gasteiger partial charge in [-0.1, -0.05) is 44.2 Å². The van der Waals surface area contributed by atoms with Gasteiger partial charge in [0.2, 0.25) is 0 Å². The van der Waals surface area contributed by atoms with E-state index in [2.05, 4.69) is 17.6 Å². The summed E-state index contributed by atoms with van der Waals surface area (Å²) in [5.74, 6) is 2.57. The summed E-state index contributed by atoms with van der Waals surface area (Å²) in [6.07, 6.45) is 9.49. The van der Waals surface area contributed by atoms with Crippen molar-refractivity contribution in [3.05, 3.63) is 29.3 Å². The monoisotopic (exact) mass is 519 g/mol. The molecule has 2 saturated carbocycles. The number of benzene rings is 1. The van der Waals surface area contributed by atoms with E-state index in [0.29, 0.717) is 17.5 Å². The van der Waals surface area contributed by atoms with E-state index in [1.54, 1.807) is 6.07 Å². The number of hydrogen-bond acceptors (Lipinski definition) is 3. The van der Waals surface area contributed by atoms with Gasteiger partial charge in [-0.15, -0.1) is 24.0 Å². The van der Waals surface area contributed by atoms with Crippen molar-refractivity contribution in [2.45, 2.75) is 69.9 Å². The summed E-state index contributed by atoms with van der Waals surface area (Å²) < 4.78 is 23.5. The van der Waals surface area contributed by atoms with Crippen molar-refractivity contribution in [2.75, 3.05) is 12.8 Å². The van der Waals surface area contributed by atoms with Crippen LogP contribution in [0.4, 0.5) is 0 Å². The predicted octanol–water partition coefficient (Wildman–Crippen LogP) is 4.04. The van der Waals surface area contributed by atoms with Crippen LogP contribution in [0.1, 0.15) is 56.6 Å². The number of nitrogens with zero attached hydrogens (tertiary/aromatic N) is 1. The molecule has 2 atom stereocenters. The third kappa shape index (κ3) is 6.34. The molecule has 7 heteroatoms. The Morgan fingerprint density at radius 1 is 1.21 bits per heavy atom. The number of aliphatic imine (C=N–C) groups is 1. The molecular weight excluding hydrogens is 485 g/mol. The molecule has 0 amide bonds. The minimum absolute atomic E-state index is 0. The third-order valence-corrected chi connectivity index (χ3v) is 7.08.